The molecular weight excluding hydrogens is 458 g/mol. The van der Waals surface area contributed by atoms with Gasteiger partial charge in [0.05, 0.1) is 25.1 Å². The lowest BCUT2D eigenvalue weighted by Crippen LogP contribution is -2.36. The number of amides is 1. The number of nitrogens with one attached hydrogen (secondary N) is 2. The van der Waals surface area contributed by atoms with Crippen LogP contribution >= 0.6 is 0 Å². The van der Waals surface area contributed by atoms with E-state index >= 15 is 0 Å². The number of halogens is 2. The molecule has 10 nitrogen and oxygen atoms in total. The summed E-state index contributed by atoms with van der Waals surface area (Å²) < 4.78 is 33.8. The van der Waals surface area contributed by atoms with Crippen LogP contribution in [0.3, 0.4) is 0 Å². The number of aromatic nitrogens is 5. The van der Waals surface area contributed by atoms with E-state index < -0.39 is 24.2 Å². The van der Waals surface area contributed by atoms with Gasteiger partial charge in [0, 0.05) is 55.3 Å². The van der Waals surface area contributed by atoms with E-state index in [2.05, 4.69) is 35.6 Å². The van der Waals surface area contributed by atoms with Gasteiger partial charge in [-0.3, -0.25) is 4.79 Å². The van der Waals surface area contributed by atoms with Crippen molar-refractivity contribution >= 4 is 39.6 Å². The molecule has 1 aliphatic heterocycles. The largest absolute Gasteiger partial charge is 0.378 e. The molecule has 0 spiro atoms. The number of hydrogen-bond donors (Lipinski definition) is 2. The SMILES string of the molecule is CNc1ncc(-c2nc3ccc(N4CCOCC4)cn3n2)c2cc(NC(=O)[C@@H]3CC3(F)F)ncc12. The van der Waals surface area contributed by atoms with Crippen molar-refractivity contribution in [3.8, 4) is 11.4 Å². The summed E-state index contributed by atoms with van der Waals surface area (Å²) in [6, 6.07) is 5.54. The number of alkyl halides is 2. The Morgan fingerprint density at radius 2 is 1.97 bits per heavy atom. The van der Waals surface area contributed by atoms with Crippen molar-refractivity contribution in [2.75, 3.05) is 48.9 Å². The first-order valence-corrected chi connectivity index (χ1v) is 11.3. The summed E-state index contributed by atoms with van der Waals surface area (Å²) in [5.41, 5.74) is 2.32. The molecule has 0 bridgehead atoms. The Balaban J connectivity index is 1.38. The monoisotopic (exact) mass is 480 g/mol. The Morgan fingerprint density at radius 3 is 2.71 bits per heavy atom. The molecule has 0 unspecified atom stereocenters. The summed E-state index contributed by atoms with van der Waals surface area (Å²) in [7, 11) is 1.74. The van der Waals surface area contributed by atoms with Crippen LogP contribution in [0.15, 0.2) is 36.8 Å². The molecular formula is C23H22F2N8O2. The number of anilines is 3. The maximum Gasteiger partial charge on any atom is 0.260 e. The zero-order valence-electron chi connectivity index (χ0n) is 18.8. The van der Waals surface area contributed by atoms with Crippen LogP contribution in [0.5, 0.6) is 0 Å². The topological polar surface area (TPSA) is 110 Å². The number of fused-ring (bicyclic) bond motifs is 2. The van der Waals surface area contributed by atoms with Crippen LogP contribution in [0.2, 0.25) is 0 Å². The van der Waals surface area contributed by atoms with Crippen molar-refractivity contribution in [2.45, 2.75) is 12.3 Å². The Hall–Kier alpha value is -3.93. The van der Waals surface area contributed by atoms with Gasteiger partial charge in [0.15, 0.2) is 11.5 Å². The number of nitrogens with zero attached hydrogens (tertiary/aromatic N) is 6. The number of hydrogen-bond acceptors (Lipinski definition) is 8. The molecule has 5 heterocycles. The quantitative estimate of drug-likeness (QED) is 0.449. The molecule has 180 valence electrons. The average Bonchev–Trinajstić information content (AvgIpc) is 3.32. The normalized spacial score (nSPS) is 19.2. The standard InChI is InChI=1S/C23H22F2N8O2/c1-26-20-15-10-27-18(29-22(34)17-9-23(17,24)25)8-14(15)16(11-28-20)21-30-19-3-2-13(12-33(19)31-21)32-4-6-35-7-5-32/h2-3,8,10-12,17H,4-7,9H2,1H3,(H,26,28)(H,27,29,34)/t17-/m0/s1. The fraction of sp³-hybridized carbons (Fsp3) is 0.348. The van der Waals surface area contributed by atoms with Crippen LogP contribution < -0.4 is 15.5 Å². The number of carbonyl (C=O) groups is 1. The maximum absolute atomic E-state index is 13.3. The lowest BCUT2D eigenvalue weighted by molar-refractivity contribution is -0.119. The zero-order chi connectivity index (χ0) is 24.2. The molecule has 4 aromatic rings. The number of morpholine rings is 1. The summed E-state index contributed by atoms with van der Waals surface area (Å²) in [5.74, 6) is -3.80. The second kappa shape index (κ2) is 8.08. The van der Waals surface area contributed by atoms with Crippen LogP contribution in [0.4, 0.5) is 26.1 Å². The second-order valence-electron chi connectivity index (χ2n) is 8.62. The Kier molecular flexibility index (Phi) is 4.99. The van der Waals surface area contributed by atoms with Gasteiger partial charge in [0.2, 0.25) is 5.91 Å². The van der Waals surface area contributed by atoms with Crippen molar-refractivity contribution in [2.24, 2.45) is 5.92 Å². The number of pyridine rings is 3. The second-order valence-corrected chi connectivity index (χ2v) is 8.62. The summed E-state index contributed by atoms with van der Waals surface area (Å²) >= 11 is 0. The van der Waals surface area contributed by atoms with Crippen molar-refractivity contribution < 1.29 is 18.3 Å². The van der Waals surface area contributed by atoms with E-state index in [-0.39, 0.29) is 5.82 Å². The van der Waals surface area contributed by atoms with Gasteiger partial charge < -0.3 is 20.3 Å². The minimum atomic E-state index is -2.95. The van der Waals surface area contributed by atoms with Gasteiger partial charge in [0.25, 0.3) is 5.92 Å². The first kappa shape index (κ1) is 21.6. The highest BCUT2D eigenvalue weighted by atomic mass is 19.3. The zero-order valence-corrected chi connectivity index (χ0v) is 18.8. The molecule has 12 heteroatoms. The van der Waals surface area contributed by atoms with Crippen LogP contribution in [-0.4, -0.2) is 69.7 Å². The predicted molar refractivity (Wildman–Crippen MR) is 126 cm³/mol. The third kappa shape index (κ3) is 3.89. The minimum Gasteiger partial charge on any atom is -0.378 e. The molecule has 1 saturated heterocycles. The fourth-order valence-corrected chi connectivity index (χ4v) is 4.29. The average molecular weight is 480 g/mol. The van der Waals surface area contributed by atoms with Gasteiger partial charge in [-0.2, -0.15) is 0 Å². The van der Waals surface area contributed by atoms with Gasteiger partial charge in [-0.15, -0.1) is 5.10 Å². The smallest absolute Gasteiger partial charge is 0.260 e. The maximum atomic E-state index is 13.3. The third-order valence-corrected chi connectivity index (χ3v) is 6.34. The van der Waals surface area contributed by atoms with Crippen molar-refractivity contribution in [3.63, 3.8) is 0 Å². The van der Waals surface area contributed by atoms with E-state index in [0.29, 0.717) is 46.8 Å². The van der Waals surface area contributed by atoms with Crippen LogP contribution in [-0.2, 0) is 9.53 Å². The molecule has 1 amide bonds. The minimum absolute atomic E-state index is 0.179. The van der Waals surface area contributed by atoms with E-state index in [0.717, 1.165) is 18.8 Å². The molecule has 1 atom stereocenters. The van der Waals surface area contributed by atoms with E-state index in [1.54, 1.807) is 30.0 Å². The van der Waals surface area contributed by atoms with Gasteiger partial charge in [-0.25, -0.2) is 28.2 Å². The summed E-state index contributed by atoms with van der Waals surface area (Å²) in [4.78, 5) is 27.8. The number of carbonyl (C=O) groups excluding carboxylic acids is 1. The number of rotatable bonds is 5. The Morgan fingerprint density at radius 1 is 1.17 bits per heavy atom. The Labute approximate surface area is 198 Å². The van der Waals surface area contributed by atoms with Crippen molar-refractivity contribution in [3.05, 3.63) is 36.8 Å². The molecule has 35 heavy (non-hydrogen) atoms. The number of ether oxygens (including phenoxy) is 1. The highest BCUT2D eigenvalue weighted by Crippen LogP contribution is 2.49. The highest BCUT2D eigenvalue weighted by Gasteiger charge is 2.61. The molecule has 6 rings (SSSR count). The molecule has 4 aromatic heterocycles. The lowest BCUT2D eigenvalue weighted by Gasteiger charge is -2.28. The fourth-order valence-electron chi connectivity index (χ4n) is 4.29. The Bertz CT molecular complexity index is 1450. The molecule has 2 N–H and O–H groups in total. The first-order valence-electron chi connectivity index (χ1n) is 11.3. The molecule has 0 radical (unpaired) electrons. The molecule has 2 fully saturated rings. The molecule has 0 aromatic carbocycles. The highest BCUT2D eigenvalue weighted by molar-refractivity contribution is 6.03. The summed E-state index contributed by atoms with van der Waals surface area (Å²) in [5, 5.41) is 11.6. The van der Waals surface area contributed by atoms with Gasteiger partial charge in [0.1, 0.15) is 17.6 Å². The van der Waals surface area contributed by atoms with Crippen LogP contribution in [0.1, 0.15) is 6.42 Å². The molecule has 1 saturated carbocycles. The molecule has 2 aliphatic rings. The van der Waals surface area contributed by atoms with Crippen molar-refractivity contribution in [1.82, 2.24) is 24.6 Å². The van der Waals surface area contributed by atoms with Gasteiger partial charge in [-0.05, 0) is 18.2 Å². The van der Waals surface area contributed by atoms with Gasteiger partial charge in [-0.1, -0.05) is 0 Å². The lowest BCUT2D eigenvalue weighted by atomic mass is 10.1. The first-order chi connectivity index (χ1) is 16.9. The third-order valence-electron chi connectivity index (χ3n) is 6.34. The molecule has 1 aliphatic carbocycles. The predicted octanol–water partition coefficient (Wildman–Crippen LogP) is 2.81. The van der Waals surface area contributed by atoms with Gasteiger partial charge >= 0.3 is 0 Å². The van der Waals surface area contributed by atoms with Crippen LogP contribution in [0, 0.1) is 5.92 Å². The van der Waals surface area contributed by atoms with Crippen LogP contribution in [0.25, 0.3) is 27.8 Å². The van der Waals surface area contributed by atoms with Crippen molar-refractivity contribution in [1.29, 1.82) is 0 Å². The van der Waals surface area contributed by atoms with E-state index in [1.165, 1.54) is 0 Å². The van der Waals surface area contributed by atoms with E-state index in [9.17, 15) is 13.6 Å². The van der Waals surface area contributed by atoms with E-state index in [1.807, 2.05) is 18.3 Å². The van der Waals surface area contributed by atoms with E-state index in [4.69, 9.17) is 4.74 Å². The summed E-state index contributed by atoms with van der Waals surface area (Å²) in [6.07, 6.45) is 4.68. The summed E-state index contributed by atoms with van der Waals surface area (Å²) in [6.45, 7) is 2.98.